The molecule has 15 heavy (non-hydrogen) atoms. The van der Waals surface area contributed by atoms with E-state index in [1.54, 1.807) is 6.92 Å². The second-order valence-electron chi connectivity index (χ2n) is 4.05. The predicted octanol–water partition coefficient (Wildman–Crippen LogP) is 1.38. The van der Waals surface area contributed by atoms with Gasteiger partial charge in [-0.2, -0.15) is 0 Å². The predicted molar refractivity (Wildman–Crippen MR) is 59.1 cm³/mol. The Morgan fingerprint density at radius 3 is 2.67 bits per heavy atom. The molecule has 1 N–H and O–H groups in total. The van der Waals surface area contributed by atoms with Gasteiger partial charge in [0, 0.05) is 13.6 Å². The maximum Gasteiger partial charge on any atom is 0.136 e. The van der Waals surface area contributed by atoms with Crippen LogP contribution in [0.5, 0.6) is 0 Å². The highest BCUT2D eigenvalue weighted by Crippen LogP contribution is 2.30. The van der Waals surface area contributed by atoms with Crippen LogP contribution in [0.2, 0.25) is 0 Å². The van der Waals surface area contributed by atoms with Gasteiger partial charge in [0.2, 0.25) is 0 Å². The number of nitrogens with one attached hydrogen (secondary N) is 1. The maximum absolute atomic E-state index is 11.5. The summed E-state index contributed by atoms with van der Waals surface area (Å²) in [7, 11) is 1.99. The third-order valence-corrected chi connectivity index (χ3v) is 3.02. The van der Waals surface area contributed by atoms with Crippen molar-refractivity contribution in [2.24, 2.45) is 5.92 Å². The standard InChI is InChI=1S/C12H16N2O/c1-9(15)11-8-13-14(2)12(11)10-6-4-3-5-7-10/h3-7,11-13H,8H2,1-2H3. The van der Waals surface area contributed by atoms with Crippen molar-refractivity contribution >= 4 is 5.78 Å². The summed E-state index contributed by atoms with van der Waals surface area (Å²) in [5.74, 6) is 0.318. The van der Waals surface area contributed by atoms with Gasteiger partial charge in [-0.15, -0.1) is 0 Å². The number of carbonyl (C=O) groups excluding carboxylic acids is 1. The Balaban J connectivity index is 2.29. The van der Waals surface area contributed by atoms with Crippen molar-refractivity contribution < 1.29 is 4.79 Å². The van der Waals surface area contributed by atoms with Crippen molar-refractivity contribution in [2.75, 3.05) is 13.6 Å². The van der Waals surface area contributed by atoms with E-state index in [0.29, 0.717) is 0 Å². The van der Waals surface area contributed by atoms with E-state index in [4.69, 9.17) is 0 Å². The third-order valence-electron chi connectivity index (χ3n) is 3.02. The molecule has 0 aromatic heterocycles. The minimum Gasteiger partial charge on any atom is -0.300 e. The lowest BCUT2D eigenvalue weighted by atomic mass is 9.91. The van der Waals surface area contributed by atoms with Gasteiger partial charge in [-0.1, -0.05) is 30.3 Å². The molecule has 0 spiro atoms. The zero-order valence-corrected chi connectivity index (χ0v) is 9.10. The maximum atomic E-state index is 11.5. The molecule has 80 valence electrons. The summed E-state index contributed by atoms with van der Waals surface area (Å²) in [4.78, 5) is 11.5. The quantitative estimate of drug-likeness (QED) is 0.790. The molecule has 1 aliphatic rings. The Morgan fingerprint density at radius 2 is 2.07 bits per heavy atom. The second-order valence-corrected chi connectivity index (χ2v) is 4.05. The average Bonchev–Trinajstić information content (AvgIpc) is 2.61. The molecule has 2 rings (SSSR count). The van der Waals surface area contributed by atoms with Crippen LogP contribution in [-0.2, 0) is 4.79 Å². The fraction of sp³-hybridized carbons (Fsp3) is 0.417. The van der Waals surface area contributed by atoms with Crippen molar-refractivity contribution in [3.8, 4) is 0 Å². The fourth-order valence-electron chi connectivity index (χ4n) is 2.19. The van der Waals surface area contributed by atoms with E-state index < -0.39 is 0 Å². The van der Waals surface area contributed by atoms with E-state index in [1.165, 1.54) is 5.56 Å². The van der Waals surface area contributed by atoms with Crippen LogP contribution in [0.15, 0.2) is 30.3 Å². The Bertz CT molecular complexity index is 350. The van der Waals surface area contributed by atoms with Crippen molar-refractivity contribution in [1.82, 2.24) is 10.4 Å². The highest BCUT2D eigenvalue weighted by molar-refractivity contribution is 5.79. The van der Waals surface area contributed by atoms with Crippen LogP contribution in [0.1, 0.15) is 18.5 Å². The Kier molecular flexibility index (Phi) is 2.84. The number of hydrogen-bond donors (Lipinski definition) is 1. The van der Waals surface area contributed by atoms with Gasteiger partial charge in [0.1, 0.15) is 5.78 Å². The summed E-state index contributed by atoms with van der Waals surface area (Å²) in [6.07, 6.45) is 0. The number of carbonyl (C=O) groups is 1. The van der Waals surface area contributed by atoms with Gasteiger partial charge in [0.15, 0.2) is 0 Å². The minimum absolute atomic E-state index is 0.0670. The smallest absolute Gasteiger partial charge is 0.136 e. The van der Waals surface area contributed by atoms with Crippen molar-refractivity contribution in [3.05, 3.63) is 35.9 Å². The first-order chi connectivity index (χ1) is 7.20. The number of ketones is 1. The zero-order valence-electron chi connectivity index (χ0n) is 9.10. The van der Waals surface area contributed by atoms with Gasteiger partial charge in [-0.3, -0.25) is 10.2 Å². The largest absolute Gasteiger partial charge is 0.300 e. The molecular formula is C12H16N2O. The SMILES string of the molecule is CC(=O)C1CNN(C)C1c1ccccc1. The first-order valence-electron chi connectivity index (χ1n) is 5.22. The number of benzene rings is 1. The summed E-state index contributed by atoms with van der Waals surface area (Å²) < 4.78 is 0. The molecule has 1 heterocycles. The first-order valence-corrected chi connectivity index (χ1v) is 5.22. The average molecular weight is 204 g/mol. The van der Waals surface area contributed by atoms with Gasteiger partial charge < -0.3 is 0 Å². The summed E-state index contributed by atoms with van der Waals surface area (Å²) >= 11 is 0. The van der Waals surface area contributed by atoms with E-state index in [0.717, 1.165) is 6.54 Å². The fourth-order valence-corrected chi connectivity index (χ4v) is 2.19. The van der Waals surface area contributed by atoms with Gasteiger partial charge in [-0.25, -0.2) is 5.01 Å². The molecule has 3 nitrogen and oxygen atoms in total. The highest BCUT2D eigenvalue weighted by Gasteiger charge is 2.35. The molecule has 2 atom stereocenters. The van der Waals surface area contributed by atoms with Crippen LogP contribution in [0.25, 0.3) is 0 Å². The summed E-state index contributed by atoms with van der Waals surface area (Å²) in [6.45, 7) is 2.41. The molecule has 0 bridgehead atoms. The summed E-state index contributed by atoms with van der Waals surface area (Å²) in [6, 6.07) is 10.3. The van der Waals surface area contributed by atoms with Crippen LogP contribution in [-0.4, -0.2) is 24.4 Å². The van der Waals surface area contributed by atoms with E-state index in [-0.39, 0.29) is 17.7 Å². The molecule has 0 saturated carbocycles. The van der Waals surface area contributed by atoms with E-state index in [9.17, 15) is 4.79 Å². The number of Topliss-reactive ketones (excluding diaryl/α,β-unsaturated/α-hetero) is 1. The van der Waals surface area contributed by atoms with Gasteiger partial charge in [0.05, 0.1) is 12.0 Å². The summed E-state index contributed by atoms with van der Waals surface area (Å²) in [5.41, 5.74) is 4.41. The molecule has 1 fully saturated rings. The lowest BCUT2D eigenvalue weighted by molar-refractivity contribution is -0.121. The van der Waals surface area contributed by atoms with Gasteiger partial charge in [-0.05, 0) is 12.5 Å². The Hall–Kier alpha value is -1.19. The number of hydrazine groups is 1. The van der Waals surface area contributed by atoms with E-state index in [2.05, 4.69) is 17.6 Å². The second kappa shape index (κ2) is 4.13. The number of rotatable bonds is 2. The molecule has 3 heteroatoms. The van der Waals surface area contributed by atoms with Crippen LogP contribution < -0.4 is 5.43 Å². The highest BCUT2D eigenvalue weighted by atomic mass is 16.1. The van der Waals surface area contributed by atoms with E-state index >= 15 is 0 Å². The first kappa shape index (κ1) is 10.3. The zero-order chi connectivity index (χ0) is 10.8. The Labute approximate surface area is 90.1 Å². The number of nitrogens with zero attached hydrogens (tertiary/aromatic N) is 1. The molecule has 2 unspecified atom stereocenters. The molecule has 1 aromatic rings. The van der Waals surface area contributed by atoms with Crippen molar-refractivity contribution in [2.45, 2.75) is 13.0 Å². The van der Waals surface area contributed by atoms with Crippen LogP contribution in [0.4, 0.5) is 0 Å². The minimum atomic E-state index is 0.0670. The normalized spacial score (nSPS) is 26.8. The lowest BCUT2D eigenvalue weighted by Gasteiger charge is -2.22. The molecule has 1 aromatic carbocycles. The van der Waals surface area contributed by atoms with Crippen molar-refractivity contribution in [1.29, 1.82) is 0 Å². The molecule has 0 aliphatic carbocycles. The molecular weight excluding hydrogens is 188 g/mol. The monoisotopic (exact) mass is 204 g/mol. The van der Waals surface area contributed by atoms with Gasteiger partial charge in [0.25, 0.3) is 0 Å². The number of hydrogen-bond acceptors (Lipinski definition) is 3. The molecule has 1 saturated heterocycles. The van der Waals surface area contributed by atoms with Crippen LogP contribution >= 0.6 is 0 Å². The van der Waals surface area contributed by atoms with Crippen LogP contribution in [0, 0.1) is 5.92 Å². The third kappa shape index (κ3) is 1.94. The lowest BCUT2D eigenvalue weighted by Crippen LogP contribution is -2.29. The molecule has 1 aliphatic heterocycles. The van der Waals surface area contributed by atoms with Crippen LogP contribution in [0.3, 0.4) is 0 Å². The summed E-state index contributed by atoms with van der Waals surface area (Å²) in [5, 5.41) is 2.03. The van der Waals surface area contributed by atoms with E-state index in [1.807, 2.05) is 30.3 Å². The van der Waals surface area contributed by atoms with Crippen molar-refractivity contribution in [3.63, 3.8) is 0 Å². The molecule has 0 amide bonds. The topological polar surface area (TPSA) is 32.3 Å². The van der Waals surface area contributed by atoms with Gasteiger partial charge >= 0.3 is 0 Å². The Morgan fingerprint density at radius 1 is 1.40 bits per heavy atom. The molecule has 0 radical (unpaired) electrons.